The summed E-state index contributed by atoms with van der Waals surface area (Å²) < 4.78 is 2.11. The smallest absolute Gasteiger partial charge is 0.154 e. The van der Waals surface area contributed by atoms with Crippen LogP contribution in [0.3, 0.4) is 0 Å². The number of carbonyl (C=O) groups is 2. The second-order valence-corrected chi connectivity index (χ2v) is 12.4. The summed E-state index contributed by atoms with van der Waals surface area (Å²) in [5.74, 6) is -0.00708. The van der Waals surface area contributed by atoms with Crippen LogP contribution in [0.4, 0.5) is 0 Å². The van der Waals surface area contributed by atoms with Crippen LogP contribution in [0.25, 0.3) is 31.8 Å². The predicted molar refractivity (Wildman–Crippen MR) is 139 cm³/mol. The minimum absolute atomic E-state index is 0.00708. The van der Waals surface area contributed by atoms with Crippen molar-refractivity contribution in [1.82, 2.24) is 25.5 Å². The van der Waals surface area contributed by atoms with Crippen molar-refractivity contribution >= 4 is 82.7 Å². The molecule has 1 aliphatic heterocycles. The molecule has 32 heavy (non-hydrogen) atoms. The molecule has 166 valence electrons. The average Bonchev–Trinajstić information content (AvgIpc) is 3.39. The van der Waals surface area contributed by atoms with E-state index in [4.69, 9.17) is 9.97 Å². The highest BCUT2D eigenvalue weighted by molar-refractivity contribution is 7.61. The first-order valence-corrected chi connectivity index (χ1v) is 13.5. The van der Waals surface area contributed by atoms with Crippen LogP contribution in [-0.2, 0) is 9.59 Å². The molecule has 0 saturated heterocycles. The number of nitrogens with one attached hydrogen (secondary N) is 2. The molecule has 0 aliphatic carbocycles. The number of hydrogen-bond donors (Lipinski definition) is 2. The van der Waals surface area contributed by atoms with Gasteiger partial charge in [-0.2, -0.15) is 0 Å². The van der Waals surface area contributed by atoms with Crippen molar-refractivity contribution in [3.8, 4) is 0 Å². The number of rotatable bonds is 8. The van der Waals surface area contributed by atoms with Crippen LogP contribution in [0.1, 0.15) is 30.8 Å². The van der Waals surface area contributed by atoms with Crippen molar-refractivity contribution in [3.63, 3.8) is 0 Å². The Morgan fingerprint density at radius 1 is 1.19 bits per heavy atom. The molecule has 0 saturated carbocycles. The summed E-state index contributed by atoms with van der Waals surface area (Å²) >= 11 is 3.20. The van der Waals surface area contributed by atoms with Crippen LogP contribution >= 0.6 is 39.8 Å². The second-order valence-electron chi connectivity index (χ2n) is 7.22. The van der Waals surface area contributed by atoms with Gasteiger partial charge in [0, 0.05) is 18.7 Å². The highest BCUT2D eigenvalue weighted by Gasteiger charge is 2.26. The zero-order valence-corrected chi connectivity index (χ0v) is 21.7. The molecule has 4 rings (SSSR count). The van der Waals surface area contributed by atoms with Gasteiger partial charge in [-0.25, -0.2) is 9.97 Å². The van der Waals surface area contributed by atoms with Crippen LogP contribution in [0.2, 0.25) is 0 Å². The van der Waals surface area contributed by atoms with E-state index in [0.29, 0.717) is 5.44 Å². The fourth-order valence-corrected chi connectivity index (χ4v) is 6.84. The number of thiazole rings is 2. The quantitative estimate of drug-likeness (QED) is 0.423. The molecule has 0 bridgehead atoms. The number of fused-ring (bicyclic) bond motifs is 2. The molecule has 3 aromatic rings. The zero-order chi connectivity index (χ0) is 23.0. The van der Waals surface area contributed by atoms with Gasteiger partial charge in [-0.05, 0) is 50.1 Å². The summed E-state index contributed by atoms with van der Waals surface area (Å²) in [5, 5.41) is 8.28. The lowest BCUT2D eigenvalue weighted by atomic mass is 10.3. The third kappa shape index (κ3) is 4.76. The standard InChI is InChI=1S/C21H23N5O2P2S2/c1-6-13(23-10(2)29-11(3)27)19-24-14-7-18-15(8-17(14)31-19)25-20(32-18)16-9-22-21(26(16)5)30-12(4)28/h6-9,21-23,29-30H,2H2,1,3-5H3/b13-6-. The zero-order valence-electron chi connectivity index (χ0n) is 18.1. The van der Waals surface area contributed by atoms with Gasteiger partial charge in [-0.1, -0.05) is 12.7 Å². The molecule has 7 nitrogen and oxygen atoms in total. The molecule has 2 N–H and O–H groups in total. The summed E-state index contributed by atoms with van der Waals surface area (Å²) in [7, 11) is 2.19. The Bertz CT molecular complexity index is 1260. The molecule has 0 fully saturated rings. The van der Waals surface area contributed by atoms with Crippen molar-refractivity contribution in [2.75, 3.05) is 7.05 Å². The van der Waals surface area contributed by atoms with E-state index in [1.807, 2.05) is 26.2 Å². The molecule has 0 spiro atoms. The van der Waals surface area contributed by atoms with Gasteiger partial charge >= 0.3 is 0 Å². The topological polar surface area (TPSA) is 87.2 Å². The van der Waals surface area contributed by atoms with Crippen LogP contribution < -0.4 is 10.6 Å². The van der Waals surface area contributed by atoms with Crippen molar-refractivity contribution in [2.24, 2.45) is 0 Å². The Morgan fingerprint density at radius 2 is 1.88 bits per heavy atom. The Morgan fingerprint density at radius 3 is 2.53 bits per heavy atom. The molecule has 3 atom stereocenters. The van der Waals surface area contributed by atoms with Crippen LogP contribution in [-0.4, -0.2) is 38.9 Å². The number of carbonyl (C=O) groups excluding carboxylic acids is 2. The molecule has 11 heteroatoms. The van der Waals surface area contributed by atoms with Gasteiger partial charge in [0.15, 0.2) is 11.0 Å². The lowest BCUT2D eigenvalue weighted by Crippen LogP contribution is -2.30. The van der Waals surface area contributed by atoms with E-state index in [1.54, 1.807) is 36.5 Å². The largest absolute Gasteiger partial charge is 0.366 e. The van der Waals surface area contributed by atoms with Crippen LogP contribution in [0, 0.1) is 0 Å². The SMILES string of the molecule is C=C(N/C(=C\C)c1nc2cc3sc(C4=CNC(PC(C)=O)N4C)nc3cc2s1)PC(C)=O. The molecule has 0 amide bonds. The number of aromatic nitrogens is 2. The predicted octanol–water partition coefficient (Wildman–Crippen LogP) is 4.89. The van der Waals surface area contributed by atoms with E-state index in [-0.39, 0.29) is 34.1 Å². The minimum atomic E-state index is -0.00708. The molecule has 1 aromatic carbocycles. The lowest BCUT2D eigenvalue weighted by Gasteiger charge is -2.22. The Labute approximate surface area is 197 Å². The third-order valence-corrected chi connectivity index (χ3v) is 8.84. The normalized spacial score (nSPS) is 17.1. The minimum Gasteiger partial charge on any atom is -0.366 e. The lowest BCUT2D eigenvalue weighted by molar-refractivity contribution is -0.110. The number of hydrogen-bond acceptors (Lipinski definition) is 9. The van der Waals surface area contributed by atoms with Crippen molar-refractivity contribution < 1.29 is 9.59 Å². The van der Waals surface area contributed by atoms with E-state index in [1.165, 1.54) is 0 Å². The van der Waals surface area contributed by atoms with E-state index >= 15 is 0 Å². The number of nitrogens with zero attached hydrogens (tertiary/aromatic N) is 3. The molecular weight excluding hydrogens is 480 g/mol. The second kappa shape index (κ2) is 9.36. The van der Waals surface area contributed by atoms with Gasteiger partial charge in [0.2, 0.25) is 0 Å². The fourth-order valence-electron chi connectivity index (χ4n) is 3.28. The molecule has 1 aliphatic rings. The van der Waals surface area contributed by atoms with Crippen LogP contribution in [0.15, 0.2) is 36.4 Å². The summed E-state index contributed by atoms with van der Waals surface area (Å²) in [5.41, 5.74) is 4.64. The molecule has 0 radical (unpaired) electrons. The van der Waals surface area contributed by atoms with Gasteiger partial charge in [-0.3, -0.25) is 9.59 Å². The average molecular weight is 504 g/mol. The summed E-state index contributed by atoms with van der Waals surface area (Å²) in [6.07, 6.45) is 3.88. The third-order valence-electron chi connectivity index (χ3n) is 4.73. The maximum Gasteiger partial charge on any atom is 0.154 e. The maximum atomic E-state index is 11.5. The first kappa shape index (κ1) is 23.0. The first-order valence-electron chi connectivity index (χ1n) is 9.83. The molecule has 3 unspecified atom stereocenters. The monoisotopic (exact) mass is 503 g/mol. The molecule has 3 heterocycles. The van der Waals surface area contributed by atoms with E-state index in [0.717, 1.165) is 41.8 Å². The van der Waals surface area contributed by atoms with Crippen LogP contribution in [0.5, 0.6) is 0 Å². The summed E-state index contributed by atoms with van der Waals surface area (Å²) in [6, 6.07) is 4.14. The molecule has 2 aromatic heterocycles. The molecular formula is C21H23N5O2P2S2. The van der Waals surface area contributed by atoms with E-state index in [9.17, 15) is 9.59 Å². The fraction of sp³-hybridized carbons (Fsp3) is 0.238. The maximum absolute atomic E-state index is 11.5. The van der Waals surface area contributed by atoms with Gasteiger partial charge in [-0.15, -0.1) is 22.7 Å². The van der Waals surface area contributed by atoms with Gasteiger partial charge in [0.1, 0.15) is 15.9 Å². The highest BCUT2D eigenvalue weighted by atomic mass is 32.1. The summed E-state index contributed by atoms with van der Waals surface area (Å²) in [4.78, 5) is 34.6. The van der Waals surface area contributed by atoms with Gasteiger partial charge < -0.3 is 15.5 Å². The van der Waals surface area contributed by atoms with Crippen molar-refractivity contribution in [1.29, 1.82) is 0 Å². The number of benzene rings is 1. The van der Waals surface area contributed by atoms with Gasteiger partial charge in [0.05, 0.1) is 31.8 Å². The first-order chi connectivity index (χ1) is 15.2. The van der Waals surface area contributed by atoms with E-state index in [2.05, 4.69) is 34.2 Å². The Kier molecular flexibility index (Phi) is 6.72. The Balaban J connectivity index is 1.60. The van der Waals surface area contributed by atoms with Gasteiger partial charge in [0.25, 0.3) is 0 Å². The summed E-state index contributed by atoms with van der Waals surface area (Å²) in [6.45, 7) is 9.06. The number of allylic oxidation sites excluding steroid dienone is 1. The van der Waals surface area contributed by atoms with Crippen molar-refractivity contribution in [3.05, 3.63) is 46.4 Å². The van der Waals surface area contributed by atoms with Crippen molar-refractivity contribution in [2.45, 2.75) is 26.7 Å². The Hall–Kier alpha value is -2.18. The highest BCUT2D eigenvalue weighted by Crippen LogP contribution is 2.38. The van der Waals surface area contributed by atoms with E-state index < -0.39 is 0 Å².